The largest absolute Gasteiger partial charge is 0.123 e. The van der Waals surface area contributed by atoms with Gasteiger partial charge in [-0.15, -0.1) is 11.6 Å². The third-order valence-corrected chi connectivity index (χ3v) is 3.52. The Morgan fingerprint density at radius 3 is 2.07 bits per heavy atom. The second kappa shape index (κ2) is 11.8. The van der Waals surface area contributed by atoms with Gasteiger partial charge in [0.2, 0.25) is 0 Å². The smallest absolute Gasteiger partial charge is 0.0336 e. The van der Waals surface area contributed by atoms with Crippen molar-refractivity contribution in [1.82, 2.24) is 0 Å². The monoisotopic (exact) mass is 282 g/mol. The predicted molar refractivity (Wildman–Crippen MR) is 70.7 cm³/mol. The maximum Gasteiger partial charge on any atom is 0.0336 e. The quantitative estimate of drug-likeness (QED) is 0.366. The number of halogens is 2. The van der Waals surface area contributed by atoms with Crippen molar-refractivity contribution in [3.05, 3.63) is 0 Å². The third kappa shape index (κ3) is 10.8. The molecule has 0 aromatic heterocycles. The zero-order valence-corrected chi connectivity index (χ0v) is 11.7. The molecule has 0 fully saturated rings. The highest BCUT2D eigenvalue weighted by Crippen LogP contribution is 2.16. The first-order valence-corrected chi connectivity index (χ1v) is 7.57. The van der Waals surface area contributed by atoms with E-state index in [0.29, 0.717) is 5.38 Å². The highest BCUT2D eigenvalue weighted by molar-refractivity contribution is 9.09. The molecule has 0 aliphatic heterocycles. The fraction of sp³-hybridized carbons (Fsp3) is 1.00. The molecule has 0 aromatic carbocycles. The fourth-order valence-corrected chi connectivity index (χ4v) is 2.28. The number of unbranched alkanes of at least 4 members (excludes halogenated alkanes) is 5. The summed E-state index contributed by atoms with van der Waals surface area (Å²) in [4.78, 5) is 0. The van der Waals surface area contributed by atoms with Crippen molar-refractivity contribution in [2.75, 3.05) is 5.33 Å². The minimum Gasteiger partial charge on any atom is -0.123 e. The molecular formula is C12H24BrCl. The van der Waals surface area contributed by atoms with E-state index in [9.17, 15) is 0 Å². The number of hydrogen-bond donors (Lipinski definition) is 0. The molecule has 0 heterocycles. The van der Waals surface area contributed by atoms with Gasteiger partial charge >= 0.3 is 0 Å². The molecule has 0 N–H and O–H groups in total. The molecule has 1 unspecified atom stereocenters. The van der Waals surface area contributed by atoms with E-state index in [1.807, 2.05) is 0 Å². The van der Waals surface area contributed by atoms with Gasteiger partial charge in [0.1, 0.15) is 0 Å². The zero-order chi connectivity index (χ0) is 10.6. The van der Waals surface area contributed by atoms with Gasteiger partial charge in [0.15, 0.2) is 0 Å². The predicted octanol–water partition coefficient (Wildman–Crippen LogP) is 5.52. The van der Waals surface area contributed by atoms with E-state index in [2.05, 4.69) is 22.9 Å². The van der Waals surface area contributed by atoms with Crippen molar-refractivity contribution in [2.24, 2.45) is 0 Å². The summed E-state index contributed by atoms with van der Waals surface area (Å²) >= 11 is 9.65. The summed E-state index contributed by atoms with van der Waals surface area (Å²) in [7, 11) is 0. The lowest BCUT2D eigenvalue weighted by atomic mass is 10.1. The Labute approximate surface area is 103 Å². The van der Waals surface area contributed by atoms with Crippen LogP contribution in [-0.2, 0) is 0 Å². The topological polar surface area (TPSA) is 0 Å². The molecule has 0 aliphatic rings. The summed E-state index contributed by atoms with van der Waals surface area (Å²) in [6.07, 6.45) is 11.7. The van der Waals surface area contributed by atoms with E-state index in [0.717, 1.165) is 5.33 Å². The van der Waals surface area contributed by atoms with Gasteiger partial charge < -0.3 is 0 Å². The van der Waals surface area contributed by atoms with E-state index in [-0.39, 0.29) is 0 Å². The highest BCUT2D eigenvalue weighted by Gasteiger charge is 2.03. The number of hydrogen-bond acceptors (Lipinski definition) is 0. The Morgan fingerprint density at radius 2 is 1.50 bits per heavy atom. The Balaban J connectivity index is 3.06. The van der Waals surface area contributed by atoms with E-state index < -0.39 is 0 Å². The normalized spacial score (nSPS) is 13.1. The lowest BCUT2D eigenvalue weighted by molar-refractivity contribution is 0.568. The average Bonchev–Trinajstić information content (AvgIpc) is 2.18. The molecular weight excluding hydrogens is 259 g/mol. The van der Waals surface area contributed by atoms with E-state index in [4.69, 9.17) is 11.6 Å². The molecule has 2 heteroatoms. The van der Waals surface area contributed by atoms with Crippen molar-refractivity contribution >= 4 is 27.5 Å². The van der Waals surface area contributed by atoms with Gasteiger partial charge in [-0.05, 0) is 19.3 Å². The van der Waals surface area contributed by atoms with Crippen molar-refractivity contribution in [2.45, 2.75) is 70.1 Å². The summed E-state index contributed by atoms with van der Waals surface area (Å²) in [5.41, 5.74) is 0. The van der Waals surface area contributed by atoms with Gasteiger partial charge in [-0.1, -0.05) is 61.4 Å². The number of rotatable bonds is 10. The van der Waals surface area contributed by atoms with Crippen LogP contribution in [-0.4, -0.2) is 10.7 Å². The summed E-state index contributed by atoms with van der Waals surface area (Å²) in [6, 6.07) is 0. The molecule has 0 rings (SSSR count). The van der Waals surface area contributed by atoms with Gasteiger partial charge in [-0.3, -0.25) is 0 Å². The van der Waals surface area contributed by atoms with Crippen LogP contribution in [0.15, 0.2) is 0 Å². The molecule has 0 aromatic rings. The first kappa shape index (κ1) is 14.8. The first-order chi connectivity index (χ1) is 6.81. The van der Waals surface area contributed by atoms with E-state index in [1.54, 1.807) is 0 Å². The Hall–Kier alpha value is 0.770. The van der Waals surface area contributed by atoms with Crippen molar-refractivity contribution < 1.29 is 0 Å². The van der Waals surface area contributed by atoms with Crippen LogP contribution < -0.4 is 0 Å². The van der Waals surface area contributed by atoms with Crippen molar-refractivity contribution in [1.29, 1.82) is 0 Å². The van der Waals surface area contributed by atoms with Gasteiger partial charge in [0.05, 0.1) is 0 Å². The molecule has 0 radical (unpaired) electrons. The second-order valence-corrected chi connectivity index (χ2v) is 5.40. The van der Waals surface area contributed by atoms with Gasteiger partial charge in [-0.2, -0.15) is 0 Å². The van der Waals surface area contributed by atoms with Crippen LogP contribution in [0, 0.1) is 0 Å². The van der Waals surface area contributed by atoms with Gasteiger partial charge in [-0.25, -0.2) is 0 Å². The molecule has 0 amide bonds. The molecule has 0 bridgehead atoms. The third-order valence-electron chi connectivity index (χ3n) is 2.52. The summed E-state index contributed by atoms with van der Waals surface area (Å²) in [6.45, 7) is 2.25. The number of alkyl halides is 2. The second-order valence-electron chi connectivity index (χ2n) is 3.98. The van der Waals surface area contributed by atoms with Crippen LogP contribution in [0.4, 0.5) is 0 Å². The molecule has 0 nitrogen and oxygen atoms in total. The molecule has 0 saturated carbocycles. The van der Waals surface area contributed by atoms with Crippen LogP contribution in [0.3, 0.4) is 0 Å². The lowest BCUT2D eigenvalue weighted by Crippen LogP contribution is -1.98. The van der Waals surface area contributed by atoms with Crippen molar-refractivity contribution in [3.8, 4) is 0 Å². The first-order valence-electron chi connectivity index (χ1n) is 6.01. The molecule has 0 spiro atoms. The summed E-state index contributed by atoms with van der Waals surface area (Å²) in [5, 5.41) is 1.54. The molecule has 14 heavy (non-hydrogen) atoms. The standard InChI is InChI=1S/C12H24BrCl/c1-2-3-4-5-6-9-12(14)10-7-8-11-13/h12H,2-11H2,1H3. The van der Waals surface area contributed by atoms with Gasteiger partial charge in [0, 0.05) is 10.7 Å². The van der Waals surface area contributed by atoms with E-state index in [1.165, 1.54) is 57.8 Å². The minimum atomic E-state index is 0.427. The van der Waals surface area contributed by atoms with Crippen molar-refractivity contribution in [3.63, 3.8) is 0 Å². The Kier molecular flexibility index (Phi) is 12.5. The minimum absolute atomic E-state index is 0.427. The molecule has 1 atom stereocenters. The molecule has 86 valence electrons. The maximum absolute atomic E-state index is 6.21. The zero-order valence-electron chi connectivity index (χ0n) is 9.40. The van der Waals surface area contributed by atoms with Crippen LogP contribution in [0.1, 0.15) is 64.7 Å². The maximum atomic E-state index is 6.21. The van der Waals surface area contributed by atoms with Gasteiger partial charge in [0.25, 0.3) is 0 Å². The highest BCUT2D eigenvalue weighted by atomic mass is 79.9. The Bertz CT molecular complexity index is 106. The van der Waals surface area contributed by atoms with Crippen LogP contribution in [0.25, 0.3) is 0 Å². The Morgan fingerprint density at radius 1 is 0.929 bits per heavy atom. The SMILES string of the molecule is CCCCCCCC(Cl)CCCCBr. The van der Waals surface area contributed by atoms with Crippen LogP contribution >= 0.6 is 27.5 Å². The van der Waals surface area contributed by atoms with Crippen LogP contribution in [0.2, 0.25) is 0 Å². The molecule has 0 aliphatic carbocycles. The van der Waals surface area contributed by atoms with Crippen LogP contribution in [0.5, 0.6) is 0 Å². The van der Waals surface area contributed by atoms with E-state index >= 15 is 0 Å². The summed E-state index contributed by atoms with van der Waals surface area (Å²) < 4.78 is 0. The lowest BCUT2D eigenvalue weighted by Gasteiger charge is -2.08. The average molecular weight is 284 g/mol. The fourth-order valence-electron chi connectivity index (χ4n) is 1.57. The molecule has 0 saturated heterocycles. The summed E-state index contributed by atoms with van der Waals surface area (Å²) in [5.74, 6) is 0.